The van der Waals surface area contributed by atoms with Gasteiger partial charge in [-0.3, -0.25) is 9.47 Å². The lowest BCUT2D eigenvalue weighted by atomic mass is 9.91. The highest BCUT2D eigenvalue weighted by atomic mass is 16.3. The second-order valence-electron chi connectivity index (χ2n) is 10.0. The number of aromatic nitrogens is 1. The van der Waals surface area contributed by atoms with Crippen molar-refractivity contribution in [2.75, 3.05) is 31.2 Å². The van der Waals surface area contributed by atoms with Crippen LogP contribution in [0, 0.1) is 5.92 Å². The van der Waals surface area contributed by atoms with Crippen LogP contribution < -0.4 is 15.6 Å². The summed E-state index contributed by atoms with van der Waals surface area (Å²) in [5.74, 6) is 0.554. The van der Waals surface area contributed by atoms with Crippen LogP contribution in [0.5, 0.6) is 0 Å². The number of aliphatic hydroxyl groups is 1. The van der Waals surface area contributed by atoms with Gasteiger partial charge in [-0.1, -0.05) is 60.7 Å². The number of amides is 1. The predicted octanol–water partition coefficient (Wildman–Crippen LogP) is 4.11. The summed E-state index contributed by atoms with van der Waals surface area (Å²) >= 11 is 0. The van der Waals surface area contributed by atoms with Gasteiger partial charge in [-0.25, -0.2) is 0 Å². The van der Waals surface area contributed by atoms with Crippen LogP contribution in [-0.4, -0.2) is 48.0 Å². The molecule has 1 amide bonds. The minimum Gasteiger partial charge on any atom is -0.390 e. The SMILES string of the molecule is O=C(NCC(O)CNCc1ccccc1)c1ccc2c(ccn2N2CCC(Cc3ccccc3)CC2)c1. The number of benzene rings is 3. The van der Waals surface area contributed by atoms with E-state index < -0.39 is 6.10 Å². The largest absolute Gasteiger partial charge is 0.390 e. The normalized spacial score (nSPS) is 15.1. The second kappa shape index (κ2) is 12.1. The van der Waals surface area contributed by atoms with Crippen molar-refractivity contribution in [3.63, 3.8) is 0 Å². The molecular formula is C31H36N4O2. The first kappa shape index (κ1) is 25.1. The fourth-order valence-corrected chi connectivity index (χ4v) is 5.17. The Morgan fingerprint density at radius 2 is 1.59 bits per heavy atom. The predicted molar refractivity (Wildman–Crippen MR) is 149 cm³/mol. The van der Waals surface area contributed by atoms with Gasteiger partial charge in [0.1, 0.15) is 0 Å². The van der Waals surface area contributed by atoms with Crippen LogP contribution in [0.3, 0.4) is 0 Å². The standard InChI is InChI=1S/C31H36N4O2/c36-29(22-32-21-26-9-5-2-6-10-26)23-33-31(37)28-11-12-30-27(20-28)15-18-35(30)34-16-13-25(14-17-34)19-24-7-3-1-4-8-24/h1-12,15,18,20,25,29,32,36H,13-14,16-17,19,21-23H2,(H,33,37). The fraction of sp³-hybridized carbons (Fsp3) is 0.323. The summed E-state index contributed by atoms with van der Waals surface area (Å²) in [6.07, 6.45) is 4.96. The second-order valence-corrected chi connectivity index (χ2v) is 10.0. The lowest BCUT2D eigenvalue weighted by Crippen LogP contribution is -2.41. The highest BCUT2D eigenvalue weighted by Gasteiger charge is 2.21. The highest BCUT2D eigenvalue weighted by molar-refractivity contribution is 5.98. The quantitative estimate of drug-likeness (QED) is 0.309. The molecule has 1 unspecified atom stereocenters. The molecule has 3 aromatic carbocycles. The third kappa shape index (κ3) is 6.59. The number of fused-ring (bicyclic) bond motifs is 1. The van der Waals surface area contributed by atoms with Crippen LogP contribution in [-0.2, 0) is 13.0 Å². The molecule has 6 nitrogen and oxygen atoms in total. The van der Waals surface area contributed by atoms with Gasteiger partial charge in [0.25, 0.3) is 5.91 Å². The lowest BCUT2D eigenvalue weighted by Gasteiger charge is -2.34. The number of hydrogen-bond acceptors (Lipinski definition) is 4. The highest BCUT2D eigenvalue weighted by Crippen LogP contribution is 2.24. The molecule has 0 aliphatic carbocycles. The van der Waals surface area contributed by atoms with Crippen LogP contribution >= 0.6 is 0 Å². The molecule has 37 heavy (non-hydrogen) atoms. The topological polar surface area (TPSA) is 69.5 Å². The van der Waals surface area contributed by atoms with Crippen molar-refractivity contribution < 1.29 is 9.90 Å². The first-order valence-electron chi connectivity index (χ1n) is 13.3. The first-order valence-corrected chi connectivity index (χ1v) is 13.3. The zero-order valence-corrected chi connectivity index (χ0v) is 21.2. The summed E-state index contributed by atoms with van der Waals surface area (Å²) in [7, 11) is 0. The van der Waals surface area contributed by atoms with Gasteiger partial charge >= 0.3 is 0 Å². The average molecular weight is 497 g/mol. The number of hydrogen-bond donors (Lipinski definition) is 3. The van der Waals surface area contributed by atoms with Crippen molar-refractivity contribution in [3.05, 3.63) is 108 Å². The van der Waals surface area contributed by atoms with Crippen LogP contribution in [0.25, 0.3) is 10.9 Å². The van der Waals surface area contributed by atoms with Gasteiger partial charge < -0.3 is 20.7 Å². The summed E-state index contributed by atoms with van der Waals surface area (Å²) in [6.45, 7) is 3.36. The van der Waals surface area contributed by atoms with Crippen molar-refractivity contribution in [2.45, 2.75) is 31.9 Å². The fourth-order valence-electron chi connectivity index (χ4n) is 5.17. The minimum absolute atomic E-state index is 0.168. The lowest BCUT2D eigenvalue weighted by molar-refractivity contribution is 0.0915. The van der Waals surface area contributed by atoms with E-state index in [1.165, 1.54) is 18.4 Å². The molecule has 2 heterocycles. The molecular weight excluding hydrogens is 460 g/mol. The number of carbonyl (C=O) groups is 1. The van der Waals surface area contributed by atoms with E-state index in [9.17, 15) is 9.90 Å². The Balaban J connectivity index is 1.11. The maximum atomic E-state index is 12.7. The Morgan fingerprint density at radius 3 is 2.32 bits per heavy atom. The third-order valence-electron chi connectivity index (χ3n) is 7.24. The van der Waals surface area contributed by atoms with Gasteiger partial charge in [0, 0.05) is 49.9 Å². The smallest absolute Gasteiger partial charge is 0.251 e. The van der Waals surface area contributed by atoms with E-state index in [4.69, 9.17) is 0 Å². The van der Waals surface area contributed by atoms with Crippen molar-refractivity contribution >= 4 is 16.8 Å². The van der Waals surface area contributed by atoms with Gasteiger partial charge in [-0.15, -0.1) is 0 Å². The first-order chi connectivity index (χ1) is 18.2. The van der Waals surface area contributed by atoms with E-state index in [-0.39, 0.29) is 12.5 Å². The molecule has 1 atom stereocenters. The van der Waals surface area contributed by atoms with E-state index >= 15 is 0 Å². The van der Waals surface area contributed by atoms with Crippen LogP contribution in [0.1, 0.15) is 34.3 Å². The Morgan fingerprint density at radius 1 is 0.892 bits per heavy atom. The van der Waals surface area contributed by atoms with Gasteiger partial charge in [-0.05, 0) is 60.6 Å². The number of rotatable bonds is 10. The van der Waals surface area contributed by atoms with E-state index in [1.807, 2.05) is 48.5 Å². The molecule has 1 aliphatic rings. The molecule has 1 saturated heterocycles. The average Bonchev–Trinajstić information content (AvgIpc) is 3.37. The number of carbonyl (C=O) groups excluding carboxylic acids is 1. The van der Waals surface area contributed by atoms with E-state index in [2.05, 4.69) is 62.9 Å². The summed E-state index contributed by atoms with van der Waals surface area (Å²) in [4.78, 5) is 12.7. The Bertz CT molecular complexity index is 1280. The van der Waals surface area contributed by atoms with Crippen molar-refractivity contribution in [2.24, 2.45) is 5.92 Å². The molecule has 0 saturated carbocycles. The third-order valence-corrected chi connectivity index (χ3v) is 7.24. The monoisotopic (exact) mass is 496 g/mol. The van der Waals surface area contributed by atoms with Crippen LogP contribution in [0.2, 0.25) is 0 Å². The van der Waals surface area contributed by atoms with Crippen molar-refractivity contribution in [1.29, 1.82) is 0 Å². The van der Waals surface area contributed by atoms with Gasteiger partial charge in [0.15, 0.2) is 0 Å². The number of nitrogens with one attached hydrogen (secondary N) is 2. The molecule has 0 bridgehead atoms. The summed E-state index contributed by atoms with van der Waals surface area (Å²) in [6, 6.07) is 28.7. The molecule has 3 N–H and O–H groups in total. The Hall–Kier alpha value is -3.61. The summed E-state index contributed by atoms with van der Waals surface area (Å²) in [5, 5.41) is 19.8. The molecule has 1 aliphatic heterocycles. The van der Waals surface area contributed by atoms with Crippen molar-refractivity contribution in [3.8, 4) is 0 Å². The summed E-state index contributed by atoms with van der Waals surface area (Å²) in [5.41, 5.74) is 4.31. The van der Waals surface area contributed by atoms with Crippen molar-refractivity contribution in [1.82, 2.24) is 15.3 Å². The van der Waals surface area contributed by atoms with E-state index in [0.29, 0.717) is 18.7 Å². The molecule has 4 aromatic rings. The molecule has 0 radical (unpaired) electrons. The van der Waals surface area contributed by atoms with Gasteiger partial charge in [0.05, 0.1) is 11.6 Å². The van der Waals surface area contributed by atoms with Gasteiger partial charge in [0.2, 0.25) is 0 Å². The number of piperidine rings is 1. The zero-order valence-electron chi connectivity index (χ0n) is 21.2. The Labute approximate surface area is 218 Å². The number of aliphatic hydroxyl groups excluding tert-OH is 1. The zero-order chi connectivity index (χ0) is 25.5. The maximum Gasteiger partial charge on any atom is 0.251 e. The van der Waals surface area contributed by atoms with Crippen LogP contribution in [0.15, 0.2) is 91.1 Å². The minimum atomic E-state index is -0.651. The maximum absolute atomic E-state index is 12.7. The number of nitrogens with zero attached hydrogens (tertiary/aromatic N) is 2. The molecule has 192 valence electrons. The molecule has 1 fully saturated rings. The Kier molecular flexibility index (Phi) is 8.18. The molecule has 6 heteroatoms. The van der Waals surface area contributed by atoms with Crippen LogP contribution in [0.4, 0.5) is 0 Å². The van der Waals surface area contributed by atoms with E-state index in [0.717, 1.165) is 41.9 Å². The van der Waals surface area contributed by atoms with E-state index in [1.54, 1.807) is 0 Å². The van der Waals surface area contributed by atoms with Gasteiger partial charge in [-0.2, -0.15) is 0 Å². The molecule has 0 spiro atoms. The molecule has 1 aromatic heterocycles. The molecule has 5 rings (SSSR count). The summed E-state index contributed by atoms with van der Waals surface area (Å²) < 4.78 is 2.23.